The Kier molecular flexibility index (Phi) is 3.28. The highest BCUT2D eigenvalue weighted by Gasteiger charge is 1.96. The van der Waals surface area contributed by atoms with Gasteiger partial charge in [-0.1, -0.05) is 6.07 Å². The van der Waals surface area contributed by atoms with E-state index in [0.717, 1.165) is 0 Å². The van der Waals surface area contributed by atoms with Crippen LogP contribution in [0.1, 0.15) is 6.92 Å². The van der Waals surface area contributed by atoms with Crippen LogP contribution in [0.15, 0.2) is 24.3 Å². The minimum absolute atomic E-state index is 0.107. The van der Waals surface area contributed by atoms with Crippen molar-refractivity contribution in [2.45, 2.75) is 6.92 Å². The molecule has 0 heterocycles. The predicted octanol–water partition coefficient (Wildman–Crippen LogP) is 0.940. The Bertz CT molecular complexity index is 299. The van der Waals surface area contributed by atoms with Crippen LogP contribution in [0.25, 0.3) is 0 Å². The maximum absolute atomic E-state index is 10.7. The molecule has 3 N–H and O–H groups in total. The van der Waals surface area contributed by atoms with Gasteiger partial charge in [0.1, 0.15) is 12.5 Å². The smallest absolute Gasteiger partial charge is 0.221 e. The Hall–Kier alpha value is -1.55. The van der Waals surface area contributed by atoms with E-state index in [4.69, 9.17) is 10.5 Å². The lowest BCUT2D eigenvalue weighted by Crippen LogP contribution is -2.08. The van der Waals surface area contributed by atoms with Crippen LogP contribution in [0.3, 0.4) is 0 Å². The van der Waals surface area contributed by atoms with Crippen LogP contribution < -0.4 is 15.8 Å². The van der Waals surface area contributed by atoms with Crippen molar-refractivity contribution in [1.82, 2.24) is 0 Å². The van der Waals surface area contributed by atoms with E-state index in [2.05, 4.69) is 5.32 Å². The van der Waals surface area contributed by atoms with Crippen LogP contribution in [-0.2, 0) is 4.79 Å². The third kappa shape index (κ3) is 3.13. The first kappa shape index (κ1) is 9.54. The number of nitrogens with two attached hydrogens (primary N) is 1. The van der Waals surface area contributed by atoms with Crippen LogP contribution in [0.2, 0.25) is 0 Å². The summed E-state index contributed by atoms with van der Waals surface area (Å²) < 4.78 is 5.05. The van der Waals surface area contributed by atoms with Crippen molar-refractivity contribution in [3.05, 3.63) is 24.3 Å². The molecule has 0 spiro atoms. The van der Waals surface area contributed by atoms with Gasteiger partial charge in [-0.15, -0.1) is 0 Å². The zero-order valence-corrected chi connectivity index (χ0v) is 7.41. The van der Waals surface area contributed by atoms with Crippen LogP contribution in [-0.4, -0.2) is 12.6 Å². The monoisotopic (exact) mass is 180 g/mol. The Morgan fingerprint density at radius 1 is 1.62 bits per heavy atom. The molecule has 0 atom stereocenters. The van der Waals surface area contributed by atoms with Crippen LogP contribution >= 0.6 is 0 Å². The van der Waals surface area contributed by atoms with Crippen LogP contribution in [0.5, 0.6) is 5.75 Å². The third-order valence-electron chi connectivity index (χ3n) is 1.40. The van der Waals surface area contributed by atoms with E-state index in [0.29, 0.717) is 11.4 Å². The number of hydrogen-bond acceptors (Lipinski definition) is 3. The molecule has 0 radical (unpaired) electrons. The topological polar surface area (TPSA) is 64.3 Å². The van der Waals surface area contributed by atoms with Crippen LogP contribution in [0, 0.1) is 0 Å². The van der Waals surface area contributed by atoms with Gasteiger partial charge in [0.05, 0.1) is 0 Å². The first-order valence-electron chi connectivity index (χ1n) is 3.93. The van der Waals surface area contributed by atoms with Gasteiger partial charge in [-0.05, 0) is 12.1 Å². The largest absolute Gasteiger partial charge is 0.479 e. The first-order valence-corrected chi connectivity index (χ1v) is 3.93. The number of anilines is 1. The number of ether oxygens (including phenoxy) is 1. The lowest BCUT2D eigenvalue weighted by atomic mass is 10.3. The lowest BCUT2D eigenvalue weighted by molar-refractivity contribution is -0.114. The summed E-state index contributed by atoms with van der Waals surface area (Å²) in [5, 5.41) is 2.64. The molecule has 0 fully saturated rings. The molecule has 0 bridgehead atoms. The number of carbonyl (C=O) groups excluding carboxylic acids is 1. The summed E-state index contributed by atoms with van der Waals surface area (Å²) >= 11 is 0. The highest BCUT2D eigenvalue weighted by molar-refractivity contribution is 5.88. The zero-order chi connectivity index (χ0) is 9.68. The molecule has 1 aromatic carbocycles. The van der Waals surface area contributed by atoms with Gasteiger partial charge in [0.2, 0.25) is 5.91 Å². The number of rotatable bonds is 3. The second-order valence-electron chi connectivity index (χ2n) is 2.52. The summed E-state index contributed by atoms with van der Waals surface area (Å²) in [6.45, 7) is 1.58. The van der Waals surface area contributed by atoms with Gasteiger partial charge >= 0.3 is 0 Å². The molecule has 4 nitrogen and oxygen atoms in total. The average Bonchev–Trinajstić information content (AvgIpc) is 2.04. The number of hydrogen-bond donors (Lipinski definition) is 2. The molecule has 70 valence electrons. The van der Waals surface area contributed by atoms with Gasteiger partial charge in [0.15, 0.2) is 0 Å². The van der Waals surface area contributed by atoms with E-state index in [1.54, 1.807) is 24.3 Å². The van der Waals surface area contributed by atoms with E-state index in [1.807, 2.05) is 0 Å². The standard InChI is InChI=1S/C9H12N2O2/c1-7(12)11-8-3-2-4-9(5-8)13-6-10/h2-5H,6,10H2,1H3,(H,11,12). The summed E-state index contributed by atoms with van der Waals surface area (Å²) in [5.41, 5.74) is 5.91. The van der Waals surface area contributed by atoms with Crippen molar-refractivity contribution in [1.29, 1.82) is 0 Å². The Morgan fingerprint density at radius 2 is 2.38 bits per heavy atom. The Labute approximate surface area is 76.7 Å². The molecule has 0 aromatic heterocycles. The molecule has 1 aromatic rings. The molecular formula is C9H12N2O2. The molecule has 0 saturated heterocycles. The fourth-order valence-corrected chi connectivity index (χ4v) is 0.963. The van der Waals surface area contributed by atoms with Gasteiger partial charge in [-0.2, -0.15) is 0 Å². The van der Waals surface area contributed by atoms with Crippen molar-refractivity contribution in [2.24, 2.45) is 5.73 Å². The number of carbonyl (C=O) groups is 1. The average molecular weight is 180 g/mol. The first-order chi connectivity index (χ1) is 6.22. The van der Waals surface area contributed by atoms with Crippen molar-refractivity contribution < 1.29 is 9.53 Å². The zero-order valence-electron chi connectivity index (χ0n) is 7.41. The summed E-state index contributed by atoms with van der Waals surface area (Å²) in [5.74, 6) is 0.540. The molecule has 0 unspecified atom stereocenters. The summed E-state index contributed by atoms with van der Waals surface area (Å²) in [4.78, 5) is 10.7. The third-order valence-corrected chi connectivity index (χ3v) is 1.40. The van der Waals surface area contributed by atoms with Crippen molar-refractivity contribution in [3.63, 3.8) is 0 Å². The minimum Gasteiger partial charge on any atom is -0.479 e. The van der Waals surface area contributed by atoms with E-state index in [9.17, 15) is 4.79 Å². The number of benzene rings is 1. The molecule has 4 heteroatoms. The van der Waals surface area contributed by atoms with E-state index in [-0.39, 0.29) is 12.6 Å². The Balaban J connectivity index is 2.73. The number of amides is 1. The maximum atomic E-state index is 10.7. The fraction of sp³-hybridized carbons (Fsp3) is 0.222. The summed E-state index contributed by atoms with van der Waals surface area (Å²) in [6.07, 6.45) is 0. The predicted molar refractivity (Wildman–Crippen MR) is 50.4 cm³/mol. The quantitative estimate of drug-likeness (QED) is 0.680. The molecule has 0 saturated carbocycles. The summed E-state index contributed by atoms with van der Waals surface area (Å²) in [7, 11) is 0. The van der Waals surface area contributed by atoms with Crippen LogP contribution in [0.4, 0.5) is 5.69 Å². The van der Waals surface area contributed by atoms with Gasteiger partial charge in [-0.25, -0.2) is 0 Å². The van der Waals surface area contributed by atoms with Gasteiger partial charge in [0, 0.05) is 18.7 Å². The minimum atomic E-state index is -0.107. The molecule has 1 amide bonds. The van der Waals surface area contributed by atoms with Crippen molar-refractivity contribution in [3.8, 4) is 5.75 Å². The molecule has 0 aliphatic heterocycles. The van der Waals surface area contributed by atoms with E-state index < -0.39 is 0 Å². The molecule has 1 rings (SSSR count). The molecule has 0 aliphatic rings. The second-order valence-corrected chi connectivity index (χ2v) is 2.52. The van der Waals surface area contributed by atoms with E-state index >= 15 is 0 Å². The second kappa shape index (κ2) is 4.47. The van der Waals surface area contributed by atoms with Gasteiger partial charge in [0.25, 0.3) is 0 Å². The highest BCUT2D eigenvalue weighted by Crippen LogP contribution is 2.16. The molecular weight excluding hydrogens is 168 g/mol. The molecule has 0 aliphatic carbocycles. The van der Waals surface area contributed by atoms with Crippen molar-refractivity contribution in [2.75, 3.05) is 12.0 Å². The SMILES string of the molecule is CC(=O)Nc1cccc(OCN)c1. The lowest BCUT2D eigenvalue weighted by Gasteiger charge is -2.05. The van der Waals surface area contributed by atoms with Gasteiger partial charge in [-0.3, -0.25) is 10.5 Å². The Morgan fingerprint density at radius 3 is 3.00 bits per heavy atom. The normalized spacial score (nSPS) is 9.38. The molecule has 13 heavy (non-hydrogen) atoms. The maximum Gasteiger partial charge on any atom is 0.221 e. The fourth-order valence-electron chi connectivity index (χ4n) is 0.963. The van der Waals surface area contributed by atoms with Crippen molar-refractivity contribution >= 4 is 11.6 Å². The van der Waals surface area contributed by atoms with E-state index in [1.165, 1.54) is 6.92 Å². The number of nitrogens with one attached hydrogen (secondary N) is 1. The van der Waals surface area contributed by atoms with Gasteiger partial charge < -0.3 is 10.1 Å². The highest BCUT2D eigenvalue weighted by atomic mass is 16.5. The summed E-state index contributed by atoms with van der Waals surface area (Å²) in [6, 6.07) is 7.06.